The van der Waals surface area contributed by atoms with Gasteiger partial charge in [-0.1, -0.05) is 406 Å². The summed E-state index contributed by atoms with van der Waals surface area (Å²) in [6, 6.07) is 0. The van der Waals surface area contributed by atoms with E-state index in [0.717, 1.165) is 109 Å². The number of carbonyl (C=O) groups is 4. The van der Waals surface area contributed by atoms with E-state index >= 15 is 0 Å². The van der Waals surface area contributed by atoms with Crippen LogP contribution in [0.25, 0.3) is 0 Å². The topological polar surface area (TPSA) is 237 Å². The summed E-state index contributed by atoms with van der Waals surface area (Å²) < 4.78 is 68.8. The molecule has 17 nitrogen and oxygen atoms in total. The number of rotatable bonds is 87. The molecule has 0 rings (SSSR count). The van der Waals surface area contributed by atoms with Gasteiger partial charge < -0.3 is 33.8 Å². The van der Waals surface area contributed by atoms with E-state index in [-0.39, 0.29) is 25.7 Å². The number of unbranched alkanes of at least 4 members (excludes halogenated alkanes) is 55. The molecule has 3 N–H and O–H groups in total. The molecule has 0 saturated heterocycles. The quantitative estimate of drug-likeness (QED) is 0.0169. The first-order chi connectivity index (χ1) is 52.6. The number of aliphatic hydroxyl groups is 1. The zero-order valence-corrected chi connectivity index (χ0v) is 72.3. The van der Waals surface area contributed by atoms with E-state index in [9.17, 15) is 43.2 Å². The largest absolute Gasteiger partial charge is 0.472 e. The molecule has 0 aromatic heterocycles. The molecule has 0 saturated carbocycles. The SMILES string of the molecule is CCCCCC/C=C\C=C/CCCCCCCC(=O)O[C@H](COC(=O)CCCCCCCCCCC)COP(=O)(O)OC[C@H](O)COP(=O)(O)OC[C@@H](COC(=O)CCCCCCCCCCCCCCCCCCCCCCCC)OC(=O)CCCCCCCCCCCCCCCCCCCCC(C)CC. The third-order valence-corrected chi connectivity index (χ3v) is 22.7. The number of hydrogen-bond acceptors (Lipinski definition) is 15. The first kappa shape index (κ1) is 106. The lowest BCUT2D eigenvalue weighted by atomic mass is 9.99. The molecule has 0 fully saturated rings. The average molecular weight is 1570 g/mol. The third-order valence-electron chi connectivity index (χ3n) is 20.8. The highest BCUT2D eigenvalue weighted by molar-refractivity contribution is 7.47. The Kier molecular flexibility index (Phi) is 79.3. The number of ether oxygens (including phenoxy) is 4. The van der Waals surface area contributed by atoms with Gasteiger partial charge in [0.25, 0.3) is 0 Å². The standard InChI is InChI=1S/C89H170O17P2/c1-6-10-13-16-19-22-24-26-28-29-30-31-32-33-37-41-44-48-53-58-63-68-73-87(92)100-79-85(106-89(94)75-70-65-60-55-50-46-42-38-35-34-36-40-43-47-52-56-61-66-71-82(5)9-4)81-104-108(97,98)102-77-83(90)76-101-107(95,96)103-80-84(78-99-86(91)72-67-62-57-51-21-18-15-12-8-3)105-88(93)74-69-64-59-54-49-45-39-27-25-23-20-17-14-11-7-2/h23,25,27,39,82-85,90H,6-22,24,26,28-38,40-81H2,1-5H3,(H,95,96)(H,97,98)/b25-23-,39-27-/t82?,83-,84+,85+/m0/s1. The fraction of sp³-hybridized carbons (Fsp3) is 0.910. The number of esters is 4. The van der Waals surface area contributed by atoms with Crippen molar-refractivity contribution in [1.29, 1.82) is 0 Å². The summed E-state index contributed by atoms with van der Waals surface area (Å²) in [6.07, 6.45) is 78.8. The van der Waals surface area contributed by atoms with Gasteiger partial charge in [0.2, 0.25) is 0 Å². The maximum Gasteiger partial charge on any atom is 0.472 e. The van der Waals surface area contributed by atoms with Crippen molar-refractivity contribution in [2.24, 2.45) is 5.92 Å². The molecule has 0 aliphatic rings. The van der Waals surface area contributed by atoms with E-state index in [1.54, 1.807) is 0 Å². The van der Waals surface area contributed by atoms with Crippen LogP contribution in [0.15, 0.2) is 24.3 Å². The van der Waals surface area contributed by atoms with Crippen molar-refractivity contribution >= 4 is 39.5 Å². The van der Waals surface area contributed by atoms with Crippen LogP contribution < -0.4 is 0 Å². The van der Waals surface area contributed by atoms with Crippen molar-refractivity contribution in [3.05, 3.63) is 24.3 Å². The van der Waals surface area contributed by atoms with Crippen molar-refractivity contribution in [2.45, 2.75) is 477 Å². The minimum atomic E-state index is -4.97. The van der Waals surface area contributed by atoms with E-state index in [2.05, 4.69) is 58.9 Å². The van der Waals surface area contributed by atoms with Crippen molar-refractivity contribution in [3.8, 4) is 0 Å². The van der Waals surface area contributed by atoms with E-state index in [0.29, 0.717) is 25.7 Å². The summed E-state index contributed by atoms with van der Waals surface area (Å²) in [6.45, 7) is 7.35. The van der Waals surface area contributed by atoms with Gasteiger partial charge in [0, 0.05) is 25.7 Å². The summed E-state index contributed by atoms with van der Waals surface area (Å²) in [5.41, 5.74) is 0. The number of phosphoric acid groups is 2. The fourth-order valence-corrected chi connectivity index (χ4v) is 15.0. The van der Waals surface area contributed by atoms with Crippen LogP contribution in [-0.2, 0) is 65.4 Å². The van der Waals surface area contributed by atoms with Crippen LogP contribution in [0.2, 0.25) is 0 Å². The summed E-state index contributed by atoms with van der Waals surface area (Å²) in [4.78, 5) is 73.2. The molecule has 0 aliphatic carbocycles. The van der Waals surface area contributed by atoms with Gasteiger partial charge >= 0.3 is 39.5 Å². The number of carbonyl (C=O) groups excluding carboxylic acids is 4. The highest BCUT2D eigenvalue weighted by atomic mass is 31.2. The van der Waals surface area contributed by atoms with Gasteiger partial charge in [-0.05, 0) is 57.3 Å². The number of hydrogen-bond donors (Lipinski definition) is 3. The summed E-state index contributed by atoms with van der Waals surface area (Å²) in [5.74, 6) is -1.26. The zero-order valence-electron chi connectivity index (χ0n) is 70.5. The van der Waals surface area contributed by atoms with Crippen LogP contribution in [0.1, 0.15) is 458 Å². The van der Waals surface area contributed by atoms with Crippen LogP contribution in [0.3, 0.4) is 0 Å². The summed E-state index contributed by atoms with van der Waals surface area (Å²) in [7, 11) is -9.94. The summed E-state index contributed by atoms with van der Waals surface area (Å²) >= 11 is 0. The molecule has 0 spiro atoms. The lowest BCUT2D eigenvalue weighted by Crippen LogP contribution is -2.30. The second kappa shape index (κ2) is 81.1. The Balaban J connectivity index is 5.21. The Hall–Kier alpha value is -2.46. The van der Waals surface area contributed by atoms with E-state index in [1.807, 2.05) is 0 Å². The maximum absolute atomic E-state index is 13.2. The monoisotopic (exact) mass is 1570 g/mol. The minimum absolute atomic E-state index is 0.0855. The Morgan fingerprint density at radius 2 is 0.519 bits per heavy atom. The van der Waals surface area contributed by atoms with Crippen LogP contribution in [0.4, 0.5) is 0 Å². The van der Waals surface area contributed by atoms with Gasteiger partial charge in [-0.25, -0.2) is 9.13 Å². The van der Waals surface area contributed by atoms with Crippen molar-refractivity contribution < 1.29 is 80.2 Å². The molecule has 0 amide bonds. The van der Waals surface area contributed by atoms with Crippen molar-refractivity contribution in [3.63, 3.8) is 0 Å². The molecule has 0 aromatic rings. The number of aliphatic hydroxyl groups excluding tert-OH is 1. The molecule has 0 aliphatic heterocycles. The maximum atomic E-state index is 13.2. The molecule has 0 radical (unpaired) electrons. The molecular weight excluding hydrogens is 1400 g/mol. The van der Waals surface area contributed by atoms with Gasteiger partial charge in [-0.2, -0.15) is 0 Å². The first-order valence-corrected chi connectivity index (χ1v) is 48.5. The Labute approximate surface area is 663 Å². The van der Waals surface area contributed by atoms with E-state index < -0.39 is 97.5 Å². The number of allylic oxidation sites excluding steroid dienone is 4. The minimum Gasteiger partial charge on any atom is -0.462 e. The molecule has 0 heterocycles. The Bertz CT molecular complexity index is 2150. The highest BCUT2D eigenvalue weighted by Gasteiger charge is 2.30. The lowest BCUT2D eigenvalue weighted by Gasteiger charge is -2.21. The van der Waals surface area contributed by atoms with Gasteiger partial charge in [0.15, 0.2) is 12.2 Å². The second-order valence-corrected chi connectivity index (χ2v) is 34.5. The molecular formula is C89H170O17P2. The Morgan fingerprint density at radius 3 is 0.787 bits per heavy atom. The van der Waals surface area contributed by atoms with Crippen LogP contribution in [-0.4, -0.2) is 96.7 Å². The lowest BCUT2D eigenvalue weighted by molar-refractivity contribution is -0.161. The second-order valence-electron chi connectivity index (χ2n) is 31.5. The van der Waals surface area contributed by atoms with E-state index in [4.69, 9.17) is 37.0 Å². The molecule has 0 bridgehead atoms. The fourth-order valence-electron chi connectivity index (χ4n) is 13.4. The Morgan fingerprint density at radius 1 is 0.296 bits per heavy atom. The first-order valence-electron chi connectivity index (χ1n) is 45.5. The smallest absolute Gasteiger partial charge is 0.462 e. The molecule has 108 heavy (non-hydrogen) atoms. The average Bonchev–Trinajstić information content (AvgIpc) is 0.898. The van der Waals surface area contributed by atoms with Crippen LogP contribution in [0, 0.1) is 5.92 Å². The molecule has 3 unspecified atom stereocenters. The molecule has 0 aromatic carbocycles. The summed E-state index contributed by atoms with van der Waals surface area (Å²) in [5, 5.41) is 10.7. The highest BCUT2D eigenvalue weighted by Crippen LogP contribution is 2.45. The van der Waals surface area contributed by atoms with Crippen molar-refractivity contribution in [2.75, 3.05) is 39.6 Å². The van der Waals surface area contributed by atoms with Gasteiger partial charge in [-0.3, -0.25) is 37.3 Å². The van der Waals surface area contributed by atoms with Gasteiger partial charge in [-0.15, -0.1) is 0 Å². The predicted octanol–water partition coefficient (Wildman–Crippen LogP) is 27.1. The van der Waals surface area contributed by atoms with Crippen LogP contribution in [0.5, 0.6) is 0 Å². The zero-order chi connectivity index (χ0) is 79.0. The normalized spacial score (nSPS) is 14.1. The third kappa shape index (κ3) is 80.2. The van der Waals surface area contributed by atoms with E-state index in [1.165, 1.54) is 270 Å². The predicted molar refractivity (Wildman–Crippen MR) is 446 cm³/mol. The molecule has 6 atom stereocenters. The van der Waals surface area contributed by atoms with Gasteiger partial charge in [0.05, 0.1) is 26.4 Å². The van der Waals surface area contributed by atoms with Crippen LogP contribution >= 0.6 is 15.6 Å². The number of phosphoric ester groups is 2. The van der Waals surface area contributed by atoms with Crippen molar-refractivity contribution in [1.82, 2.24) is 0 Å². The molecule has 19 heteroatoms. The molecule has 638 valence electrons. The van der Waals surface area contributed by atoms with Gasteiger partial charge in [0.1, 0.15) is 19.3 Å².